The largest absolute Gasteiger partial charge is 0.508 e. The maximum atomic E-state index is 10.2. The van der Waals surface area contributed by atoms with Crippen molar-refractivity contribution in [1.82, 2.24) is 16.0 Å². The predicted molar refractivity (Wildman–Crippen MR) is 128 cm³/mol. The molecule has 0 saturated heterocycles. The molecule has 5 N–H and O–H groups in total. The Kier molecular flexibility index (Phi) is 6.99. The Morgan fingerprint density at radius 3 is 1.39 bits per heavy atom. The second-order valence-corrected chi connectivity index (χ2v) is 7.67. The maximum Gasteiger partial charge on any atom is 0.120 e. The monoisotopic (exact) mass is 415 g/mol. The van der Waals surface area contributed by atoms with Gasteiger partial charge in [-0.3, -0.25) is 0 Å². The first-order chi connectivity index (χ1) is 15.2. The van der Waals surface area contributed by atoms with Crippen LogP contribution in [0, 0.1) is 0 Å². The summed E-state index contributed by atoms with van der Waals surface area (Å²) in [6.45, 7) is 4.57. The van der Waals surface area contributed by atoms with Crippen LogP contribution in [0.15, 0.2) is 72.8 Å². The molecule has 160 valence electrons. The Bertz CT molecular complexity index is 1070. The van der Waals surface area contributed by atoms with Crippen molar-refractivity contribution in [1.29, 1.82) is 0 Å². The van der Waals surface area contributed by atoms with Crippen molar-refractivity contribution in [2.45, 2.75) is 13.1 Å². The van der Waals surface area contributed by atoms with Gasteiger partial charge in [-0.05, 0) is 33.7 Å². The summed E-state index contributed by atoms with van der Waals surface area (Å²) >= 11 is 0. The quantitative estimate of drug-likeness (QED) is 0.254. The molecule has 4 rings (SSSR count). The Hall–Kier alpha value is -3.12. The molecule has 0 amide bonds. The van der Waals surface area contributed by atoms with Crippen molar-refractivity contribution in [3.05, 3.63) is 83.9 Å². The number of phenolic OH excluding ortho intramolecular Hbond substituents is 2. The van der Waals surface area contributed by atoms with E-state index in [4.69, 9.17) is 0 Å². The van der Waals surface area contributed by atoms with E-state index in [1.807, 2.05) is 48.5 Å². The summed E-state index contributed by atoms with van der Waals surface area (Å²) in [6.07, 6.45) is 0. The van der Waals surface area contributed by atoms with Gasteiger partial charge in [0.05, 0.1) is 0 Å². The molecule has 0 aliphatic rings. The highest BCUT2D eigenvalue weighted by Gasteiger charge is 2.07. The van der Waals surface area contributed by atoms with Gasteiger partial charge in [0, 0.05) is 50.4 Å². The van der Waals surface area contributed by atoms with Crippen molar-refractivity contribution in [2.75, 3.05) is 26.2 Å². The van der Waals surface area contributed by atoms with E-state index in [2.05, 4.69) is 28.1 Å². The van der Waals surface area contributed by atoms with Gasteiger partial charge in [0.2, 0.25) is 0 Å². The van der Waals surface area contributed by atoms with Crippen LogP contribution in [0.25, 0.3) is 21.5 Å². The molecule has 0 heterocycles. The van der Waals surface area contributed by atoms with E-state index in [1.165, 1.54) is 0 Å². The van der Waals surface area contributed by atoms with Crippen molar-refractivity contribution >= 4 is 21.5 Å². The number of hydrogen-bond donors (Lipinski definition) is 5. The minimum Gasteiger partial charge on any atom is -0.508 e. The van der Waals surface area contributed by atoms with Crippen LogP contribution in [-0.4, -0.2) is 36.4 Å². The molecule has 0 aliphatic heterocycles. The Labute approximate surface area is 182 Å². The van der Waals surface area contributed by atoms with Crippen LogP contribution in [0.1, 0.15) is 11.1 Å². The fraction of sp³-hybridized carbons (Fsp3) is 0.231. The van der Waals surface area contributed by atoms with E-state index in [9.17, 15) is 10.2 Å². The number of hydrogen-bond acceptors (Lipinski definition) is 5. The average molecular weight is 416 g/mol. The molecule has 0 aliphatic carbocycles. The number of nitrogens with one attached hydrogen (secondary N) is 3. The Morgan fingerprint density at radius 1 is 0.484 bits per heavy atom. The van der Waals surface area contributed by atoms with Crippen LogP contribution in [0.5, 0.6) is 11.5 Å². The zero-order chi connectivity index (χ0) is 21.5. The van der Waals surface area contributed by atoms with Crippen LogP contribution in [0.4, 0.5) is 0 Å². The molecule has 4 aromatic rings. The standard InChI is InChI=1S/C26H29N3O2/c30-25-11-9-19-5-1-3-7-21(19)23(25)17-28-15-13-27-14-16-29-18-24-22-8-4-2-6-20(22)10-12-26(24)31/h1-12,27-31H,13-18H2. The highest BCUT2D eigenvalue weighted by molar-refractivity contribution is 5.88. The molecule has 0 radical (unpaired) electrons. The van der Waals surface area contributed by atoms with Gasteiger partial charge >= 0.3 is 0 Å². The molecular formula is C26H29N3O2. The summed E-state index contributed by atoms with van der Waals surface area (Å²) in [5, 5.41) is 35.1. The maximum absolute atomic E-state index is 10.2. The van der Waals surface area contributed by atoms with E-state index in [1.54, 1.807) is 12.1 Å². The van der Waals surface area contributed by atoms with Crippen LogP contribution in [0.3, 0.4) is 0 Å². The SMILES string of the molecule is Oc1ccc2ccccc2c1CNCCNCCNCc1c(O)ccc2ccccc12. The summed E-state index contributed by atoms with van der Waals surface area (Å²) in [5.74, 6) is 0.667. The highest BCUT2D eigenvalue weighted by atomic mass is 16.3. The van der Waals surface area contributed by atoms with Crippen LogP contribution in [0.2, 0.25) is 0 Å². The molecule has 0 atom stereocenters. The van der Waals surface area contributed by atoms with Gasteiger partial charge in [0.1, 0.15) is 11.5 Å². The number of fused-ring (bicyclic) bond motifs is 2. The third-order valence-electron chi connectivity index (χ3n) is 5.59. The second-order valence-electron chi connectivity index (χ2n) is 7.67. The molecule has 31 heavy (non-hydrogen) atoms. The van der Waals surface area contributed by atoms with Crippen LogP contribution >= 0.6 is 0 Å². The summed E-state index contributed by atoms with van der Waals surface area (Å²) in [5.41, 5.74) is 1.88. The molecule has 0 unspecified atom stereocenters. The van der Waals surface area contributed by atoms with Gasteiger partial charge in [-0.2, -0.15) is 0 Å². The second kappa shape index (κ2) is 10.3. The fourth-order valence-electron chi connectivity index (χ4n) is 3.93. The van der Waals surface area contributed by atoms with Gasteiger partial charge in [-0.25, -0.2) is 0 Å². The molecule has 0 fully saturated rings. The summed E-state index contributed by atoms with van der Waals surface area (Å²) in [6, 6.07) is 23.6. The predicted octanol–water partition coefficient (Wildman–Crippen LogP) is 3.87. The zero-order valence-corrected chi connectivity index (χ0v) is 17.6. The highest BCUT2D eigenvalue weighted by Crippen LogP contribution is 2.27. The lowest BCUT2D eigenvalue weighted by Crippen LogP contribution is -2.32. The Balaban J connectivity index is 1.16. The molecule has 5 heteroatoms. The molecule has 0 spiro atoms. The molecule has 5 nitrogen and oxygen atoms in total. The number of rotatable bonds is 10. The molecule has 0 saturated carbocycles. The number of benzene rings is 4. The average Bonchev–Trinajstić information content (AvgIpc) is 2.80. The lowest BCUT2D eigenvalue weighted by molar-refractivity contribution is 0.464. The summed E-state index contributed by atoms with van der Waals surface area (Å²) in [4.78, 5) is 0. The van der Waals surface area contributed by atoms with E-state index in [-0.39, 0.29) is 0 Å². The fourth-order valence-corrected chi connectivity index (χ4v) is 3.93. The first-order valence-electron chi connectivity index (χ1n) is 10.8. The number of phenols is 2. The van der Waals surface area contributed by atoms with Gasteiger partial charge in [0.25, 0.3) is 0 Å². The lowest BCUT2D eigenvalue weighted by Gasteiger charge is -2.12. The van der Waals surface area contributed by atoms with Crippen molar-refractivity contribution < 1.29 is 10.2 Å². The van der Waals surface area contributed by atoms with Gasteiger partial charge in [-0.1, -0.05) is 60.7 Å². The van der Waals surface area contributed by atoms with Gasteiger partial charge in [0.15, 0.2) is 0 Å². The number of aromatic hydroxyl groups is 2. The van der Waals surface area contributed by atoms with Crippen molar-refractivity contribution in [3.63, 3.8) is 0 Å². The first kappa shape index (κ1) is 21.1. The third kappa shape index (κ3) is 5.14. The van der Waals surface area contributed by atoms with Crippen LogP contribution in [-0.2, 0) is 13.1 Å². The van der Waals surface area contributed by atoms with E-state index in [0.29, 0.717) is 24.6 Å². The zero-order valence-electron chi connectivity index (χ0n) is 17.6. The minimum absolute atomic E-state index is 0.333. The van der Waals surface area contributed by atoms with Gasteiger partial charge in [-0.15, -0.1) is 0 Å². The first-order valence-corrected chi connectivity index (χ1v) is 10.8. The van der Waals surface area contributed by atoms with Crippen molar-refractivity contribution in [2.24, 2.45) is 0 Å². The minimum atomic E-state index is 0.333. The van der Waals surface area contributed by atoms with Crippen molar-refractivity contribution in [3.8, 4) is 11.5 Å². The van der Waals surface area contributed by atoms with Crippen LogP contribution < -0.4 is 16.0 Å². The molecule has 0 aromatic heterocycles. The van der Waals surface area contributed by atoms with E-state index in [0.717, 1.165) is 58.9 Å². The van der Waals surface area contributed by atoms with E-state index >= 15 is 0 Å². The normalized spacial score (nSPS) is 11.4. The summed E-state index contributed by atoms with van der Waals surface area (Å²) in [7, 11) is 0. The lowest BCUT2D eigenvalue weighted by atomic mass is 10.0. The molecular weight excluding hydrogens is 386 g/mol. The molecule has 0 bridgehead atoms. The summed E-state index contributed by atoms with van der Waals surface area (Å²) < 4.78 is 0. The third-order valence-corrected chi connectivity index (χ3v) is 5.59. The Morgan fingerprint density at radius 2 is 0.903 bits per heavy atom. The molecule has 4 aromatic carbocycles. The van der Waals surface area contributed by atoms with Gasteiger partial charge < -0.3 is 26.2 Å². The topological polar surface area (TPSA) is 76.5 Å². The smallest absolute Gasteiger partial charge is 0.120 e. The van der Waals surface area contributed by atoms with E-state index < -0.39 is 0 Å².